The van der Waals surface area contributed by atoms with Crippen molar-refractivity contribution in [2.45, 2.75) is 18.8 Å². The molecule has 4 nitrogen and oxygen atoms in total. The fourth-order valence-electron chi connectivity index (χ4n) is 3.62. The highest BCUT2D eigenvalue weighted by atomic mass is 35.5. The van der Waals surface area contributed by atoms with Gasteiger partial charge >= 0.3 is 6.18 Å². The van der Waals surface area contributed by atoms with E-state index >= 15 is 0 Å². The molecule has 1 aromatic heterocycles. The lowest BCUT2D eigenvalue weighted by Crippen LogP contribution is -2.29. The molecule has 4 rings (SSSR count). The molecule has 1 unspecified atom stereocenters. The molecule has 1 saturated heterocycles. The van der Waals surface area contributed by atoms with Crippen LogP contribution in [0.1, 0.15) is 27.6 Å². The van der Waals surface area contributed by atoms with E-state index in [1.807, 2.05) is 0 Å². The number of thiophene rings is 1. The van der Waals surface area contributed by atoms with Crippen LogP contribution in [0.5, 0.6) is 0 Å². The standard InChI is InChI=1S/C23H15ClF3NO3S/c24-16-7-2-5-14(11-16)20(29)18-19(17-8-3-9-32-17)28(22(31)21(18)30)12-13-4-1-6-15(10-13)23(25,26)27/h1-11,19,29H,12H2/b20-18-. The van der Waals surface area contributed by atoms with Crippen molar-refractivity contribution in [1.82, 2.24) is 4.90 Å². The van der Waals surface area contributed by atoms with Crippen molar-refractivity contribution in [3.63, 3.8) is 0 Å². The second kappa shape index (κ2) is 8.44. The van der Waals surface area contributed by atoms with Gasteiger partial charge in [-0.05, 0) is 41.3 Å². The smallest absolute Gasteiger partial charge is 0.416 e. The molecule has 1 aliphatic heterocycles. The van der Waals surface area contributed by atoms with Crippen molar-refractivity contribution in [3.05, 3.63) is 98.2 Å². The number of rotatable bonds is 4. The largest absolute Gasteiger partial charge is 0.507 e. The molecule has 1 N–H and O–H groups in total. The number of hydrogen-bond donors (Lipinski definition) is 1. The third kappa shape index (κ3) is 4.16. The Morgan fingerprint density at radius 3 is 2.47 bits per heavy atom. The number of ketones is 1. The maximum Gasteiger partial charge on any atom is 0.416 e. The third-order valence-corrected chi connectivity index (χ3v) is 6.22. The Morgan fingerprint density at radius 2 is 1.81 bits per heavy atom. The number of likely N-dealkylation sites (tertiary alicyclic amines) is 1. The van der Waals surface area contributed by atoms with E-state index in [4.69, 9.17) is 11.6 Å². The van der Waals surface area contributed by atoms with Crippen molar-refractivity contribution in [3.8, 4) is 0 Å². The first-order chi connectivity index (χ1) is 15.2. The van der Waals surface area contributed by atoms with Crippen LogP contribution in [0.4, 0.5) is 13.2 Å². The monoisotopic (exact) mass is 477 g/mol. The molecular formula is C23H15ClF3NO3S. The zero-order chi connectivity index (χ0) is 23.0. The average molecular weight is 478 g/mol. The molecule has 1 fully saturated rings. The molecular weight excluding hydrogens is 463 g/mol. The highest BCUT2D eigenvalue weighted by Crippen LogP contribution is 2.42. The summed E-state index contributed by atoms with van der Waals surface area (Å²) < 4.78 is 39.4. The summed E-state index contributed by atoms with van der Waals surface area (Å²) in [7, 11) is 0. The topological polar surface area (TPSA) is 57.6 Å². The van der Waals surface area contributed by atoms with Gasteiger partial charge in [-0.3, -0.25) is 9.59 Å². The summed E-state index contributed by atoms with van der Waals surface area (Å²) in [5, 5.41) is 13.0. The normalized spacial score (nSPS) is 18.4. The van der Waals surface area contributed by atoms with Gasteiger partial charge in [0.15, 0.2) is 0 Å². The zero-order valence-electron chi connectivity index (χ0n) is 16.3. The van der Waals surface area contributed by atoms with E-state index < -0.39 is 35.2 Å². The van der Waals surface area contributed by atoms with Crippen molar-refractivity contribution < 1.29 is 27.9 Å². The van der Waals surface area contributed by atoms with Gasteiger partial charge in [0.25, 0.3) is 11.7 Å². The molecule has 1 atom stereocenters. The number of aliphatic hydroxyl groups is 1. The molecule has 164 valence electrons. The number of Topliss-reactive ketones (excluding diaryl/α,β-unsaturated/α-hetero) is 1. The maximum absolute atomic E-state index is 13.1. The van der Waals surface area contributed by atoms with Gasteiger partial charge in [-0.15, -0.1) is 11.3 Å². The Kier molecular flexibility index (Phi) is 5.83. The minimum Gasteiger partial charge on any atom is -0.507 e. The summed E-state index contributed by atoms with van der Waals surface area (Å²) in [6, 6.07) is 13.3. The molecule has 1 amide bonds. The van der Waals surface area contributed by atoms with Crippen molar-refractivity contribution in [2.24, 2.45) is 0 Å². The number of alkyl halides is 3. The second-order valence-corrected chi connectivity index (χ2v) is 8.57. The van der Waals surface area contributed by atoms with E-state index in [0.717, 1.165) is 12.1 Å². The van der Waals surface area contributed by atoms with Crippen LogP contribution in [-0.2, 0) is 22.3 Å². The van der Waals surface area contributed by atoms with Gasteiger partial charge in [0.2, 0.25) is 0 Å². The Labute approximate surface area is 190 Å². The summed E-state index contributed by atoms with van der Waals surface area (Å²) in [5.41, 5.74) is -0.507. The van der Waals surface area contributed by atoms with Crippen LogP contribution in [0.2, 0.25) is 5.02 Å². The lowest BCUT2D eigenvalue weighted by Gasteiger charge is -2.24. The molecule has 0 aliphatic carbocycles. The number of aliphatic hydroxyl groups excluding tert-OH is 1. The van der Waals surface area contributed by atoms with E-state index in [-0.39, 0.29) is 23.2 Å². The summed E-state index contributed by atoms with van der Waals surface area (Å²) >= 11 is 7.27. The first-order valence-electron chi connectivity index (χ1n) is 9.40. The predicted molar refractivity (Wildman–Crippen MR) is 115 cm³/mol. The number of hydrogen-bond acceptors (Lipinski definition) is 4. The van der Waals surface area contributed by atoms with Crippen LogP contribution >= 0.6 is 22.9 Å². The highest BCUT2D eigenvalue weighted by molar-refractivity contribution is 7.10. The van der Waals surface area contributed by atoms with Crippen LogP contribution in [0.25, 0.3) is 5.76 Å². The number of benzene rings is 2. The number of amides is 1. The van der Waals surface area contributed by atoms with Crippen molar-refractivity contribution in [1.29, 1.82) is 0 Å². The Morgan fingerprint density at radius 1 is 1.06 bits per heavy atom. The van der Waals surface area contributed by atoms with Crippen LogP contribution < -0.4 is 0 Å². The molecule has 0 spiro atoms. The average Bonchev–Trinajstić information content (AvgIpc) is 3.36. The molecule has 3 aromatic rings. The van der Waals surface area contributed by atoms with E-state index in [1.165, 1.54) is 34.4 Å². The van der Waals surface area contributed by atoms with Crippen molar-refractivity contribution in [2.75, 3.05) is 0 Å². The van der Waals surface area contributed by atoms with Gasteiger partial charge in [-0.1, -0.05) is 41.9 Å². The van der Waals surface area contributed by atoms with E-state index in [1.54, 1.807) is 35.7 Å². The highest BCUT2D eigenvalue weighted by Gasteiger charge is 2.46. The minimum absolute atomic E-state index is 0.133. The lowest BCUT2D eigenvalue weighted by molar-refractivity contribution is -0.140. The quantitative estimate of drug-likeness (QED) is 0.283. The van der Waals surface area contributed by atoms with E-state index in [2.05, 4.69) is 0 Å². The number of carbonyl (C=O) groups excluding carboxylic acids is 2. The zero-order valence-corrected chi connectivity index (χ0v) is 17.8. The second-order valence-electron chi connectivity index (χ2n) is 7.15. The van der Waals surface area contributed by atoms with Gasteiger partial charge in [0.1, 0.15) is 5.76 Å². The Hall–Kier alpha value is -3.10. The third-order valence-electron chi connectivity index (χ3n) is 5.06. The number of carbonyl (C=O) groups is 2. The summed E-state index contributed by atoms with van der Waals surface area (Å²) in [4.78, 5) is 27.6. The van der Waals surface area contributed by atoms with Gasteiger partial charge in [0.05, 0.1) is 17.2 Å². The predicted octanol–water partition coefficient (Wildman–Crippen LogP) is 6.04. The van der Waals surface area contributed by atoms with Gasteiger partial charge in [0, 0.05) is 22.0 Å². The van der Waals surface area contributed by atoms with E-state index in [0.29, 0.717) is 9.90 Å². The van der Waals surface area contributed by atoms with Crippen LogP contribution in [0, 0.1) is 0 Å². The SMILES string of the molecule is O=C1C(=O)N(Cc2cccc(C(F)(F)F)c2)C(c2cccs2)/C1=C(/O)c1cccc(Cl)c1. The van der Waals surface area contributed by atoms with Gasteiger partial charge in [-0.2, -0.15) is 13.2 Å². The fraction of sp³-hybridized carbons (Fsp3) is 0.130. The van der Waals surface area contributed by atoms with Crippen molar-refractivity contribution >= 4 is 40.4 Å². The Bertz CT molecular complexity index is 1220. The summed E-state index contributed by atoms with van der Waals surface area (Å²) in [5.74, 6) is -2.20. The molecule has 2 aromatic carbocycles. The van der Waals surface area contributed by atoms with Crippen LogP contribution in [-0.4, -0.2) is 21.7 Å². The number of halogens is 4. The van der Waals surface area contributed by atoms with Gasteiger partial charge < -0.3 is 10.0 Å². The van der Waals surface area contributed by atoms with Gasteiger partial charge in [-0.25, -0.2) is 0 Å². The number of nitrogens with zero attached hydrogens (tertiary/aromatic N) is 1. The van der Waals surface area contributed by atoms with Crippen LogP contribution in [0.15, 0.2) is 71.6 Å². The van der Waals surface area contributed by atoms with Crippen LogP contribution in [0.3, 0.4) is 0 Å². The fourth-order valence-corrected chi connectivity index (χ4v) is 4.66. The Balaban J connectivity index is 1.81. The minimum atomic E-state index is -4.54. The molecule has 0 radical (unpaired) electrons. The maximum atomic E-state index is 13.1. The molecule has 32 heavy (non-hydrogen) atoms. The lowest BCUT2D eigenvalue weighted by atomic mass is 9.99. The summed E-state index contributed by atoms with van der Waals surface area (Å²) in [6.07, 6.45) is -4.54. The molecule has 2 heterocycles. The van der Waals surface area contributed by atoms with E-state index in [9.17, 15) is 27.9 Å². The first kappa shape index (κ1) is 22.1. The molecule has 1 aliphatic rings. The summed E-state index contributed by atoms with van der Waals surface area (Å²) in [6.45, 7) is -0.233. The first-order valence-corrected chi connectivity index (χ1v) is 10.7. The molecule has 9 heteroatoms. The molecule has 0 saturated carbocycles. The molecule has 0 bridgehead atoms.